The summed E-state index contributed by atoms with van der Waals surface area (Å²) in [6.07, 6.45) is 1.95. The number of hydrogen-bond donors (Lipinski definition) is 1. The van der Waals surface area contributed by atoms with Gasteiger partial charge < -0.3 is 10.2 Å². The molecule has 0 aliphatic carbocycles. The molecule has 0 spiro atoms. The Morgan fingerprint density at radius 1 is 1.26 bits per heavy atom. The summed E-state index contributed by atoms with van der Waals surface area (Å²) in [6.45, 7) is 5.10. The molecule has 2 saturated heterocycles. The van der Waals surface area contributed by atoms with Crippen LogP contribution in [0.3, 0.4) is 0 Å². The Hall–Kier alpha value is -1.66. The third-order valence-electron chi connectivity index (χ3n) is 4.96. The molecule has 2 aliphatic heterocycles. The van der Waals surface area contributed by atoms with Gasteiger partial charge in [-0.3, -0.25) is 14.9 Å². The van der Waals surface area contributed by atoms with Crippen LogP contribution in [0.15, 0.2) is 18.2 Å². The highest BCUT2D eigenvalue weighted by Crippen LogP contribution is 2.29. The Labute approximate surface area is 141 Å². The van der Waals surface area contributed by atoms with Gasteiger partial charge in [-0.2, -0.15) is 0 Å². The van der Waals surface area contributed by atoms with Gasteiger partial charge in [-0.05, 0) is 50.8 Å². The van der Waals surface area contributed by atoms with Crippen LogP contribution < -0.4 is 5.32 Å². The van der Waals surface area contributed by atoms with Crippen LogP contribution >= 0.6 is 12.4 Å². The van der Waals surface area contributed by atoms with E-state index in [-0.39, 0.29) is 29.6 Å². The number of nitro benzene ring substituents is 1. The van der Waals surface area contributed by atoms with Gasteiger partial charge in [-0.1, -0.05) is 12.1 Å². The van der Waals surface area contributed by atoms with Crippen molar-refractivity contribution < 1.29 is 9.72 Å². The molecule has 1 aromatic carbocycles. The summed E-state index contributed by atoms with van der Waals surface area (Å²) in [5, 5.41) is 14.7. The predicted molar refractivity (Wildman–Crippen MR) is 90.1 cm³/mol. The first-order valence-electron chi connectivity index (χ1n) is 7.82. The second kappa shape index (κ2) is 7.27. The molecular formula is C16H22ClN3O3. The van der Waals surface area contributed by atoms with Crippen molar-refractivity contribution in [1.29, 1.82) is 0 Å². The number of likely N-dealkylation sites (tertiary alicyclic amines) is 1. The normalized spacial score (nSPS) is 23.6. The maximum absolute atomic E-state index is 12.8. The Morgan fingerprint density at radius 3 is 2.43 bits per heavy atom. The van der Waals surface area contributed by atoms with Crippen LogP contribution in [-0.2, 0) is 0 Å². The lowest BCUT2D eigenvalue weighted by atomic mass is 9.92. The maximum atomic E-state index is 12.8. The van der Waals surface area contributed by atoms with Crippen LogP contribution in [0.1, 0.15) is 28.8 Å². The van der Waals surface area contributed by atoms with Gasteiger partial charge in [0.25, 0.3) is 11.6 Å². The number of benzene rings is 1. The summed E-state index contributed by atoms with van der Waals surface area (Å²) in [5.74, 6) is 1.05. The molecule has 0 aromatic heterocycles. The van der Waals surface area contributed by atoms with E-state index < -0.39 is 4.92 Å². The van der Waals surface area contributed by atoms with Crippen LogP contribution in [0.4, 0.5) is 5.69 Å². The smallest absolute Gasteiger partial charge is 0.285 e. The zero-order valence-corrected chi connectivity index (χ0v) is 14.0. The lowest BCUT2D eigenvalue weighted by molar-refractivity contribution is -0.385. The number of carbonyl (C=O) groups is 1. The summed E-state index contributed by atoms with van der Waals surface area (Å²) >= 11 is 0. The summed E-state index contributed by atoms with van der Waals surface area (Å²) in [4.78, 5) is 25.4. The van der Waals surface area contributed by atoms with Gasteiger partial charge in [-0.25, -0.2) is 0 Å². The molecule has 1 aromatic rings. The molecule has 2 fully saturated rings. The van der Waals surface area contributed by atoms with E-state index >= 15 is 0 Å². The van der Waals surface area contributed by atoms with Crippen molar-refractivity contribution in [2.45, 2.75) is 19.8 Å². The molecule has 2 heterocycles. The number of nitro groups is 1. The van der Waals surface area contributed by atoms with Crippen molar-refractivity contribution in [1.82, 2.24) is 10.2 Å². The quantitative estimate of drug-likeness (QED) is 0.663. The molecule has 0 unspecified atom stereocenters. The standard InChI is InChI=1S/C16H21N3O3.ClH/c1-11-3-2-4-14(15(11)19(21)22)16(20)18-7-5-12-9-17-10-13(12)6-8-18;/h2-4,12-13,17H,5-10H2,1H3;1H/t12-,13+;. The summed E-state index contributed by atoms with van der Waals surface area (Å²) in [7, 11) is 0. The van der Waals surface area contributed by atoms with Crippen molar-refractivity contribution in [3.05, 3.63) is 39.4 Å². The monoisotopic (exact) mass is 339 g/mol. The van der Waals surface area contributed by atoms with Crippen molar-refractivity contribution in [3.63, 3.8) is 0 Å². The van der Waals surface area contributed by atoms with Crippen LogP contribution in [0.2, 0.25) is 0 Å². The average molecular weight is 340 g/mol. The molecular weight excluding hydrogens is 318 g/mol. The molecule has 1 amide bonds. The van der Waals surface area contributed by atoms with Gasteiger partial charge in [0.05, 0.1) is 4.92 Å². The van der Waals surface area contributed by atoms with E-state index in [2.05, 4.69) is 5.32 Å². The second-order valence-corrected chi connectivity index (χ2v) is 6.28. The minimum atomic E-state index is -0.445. The van der Waals surface area contributed by atoms with Gasteiger partial charge in [0.1, 0.15) is 5.56 Å². The number of para-hydroxylation sites is 1. The zero-order valence-electron chi connectivity index (χ0n) is 13.2. The van der Waals surface area contributed by atoms with E-state index in [0.717, 1.165) is 25.9 Å². The highest BCUT2D eigenvalue weighted by Gasteiger charge is 2.33. The van der Waals surface area contributed by atoms with Gasteiger partial charge >= 0.3 is 0 Å². The van der Waals surface area contributed by atoms with E-state index in [1.165, 1.54) is 0 Å². The fourth-order valence-corrected chi connectivity index (χ4v) is 3.67. The first-order chi connectivity index (χ1) is 10.6. The number of nitrogens with one attached hydrogen (secondary N) is 1. The molecule has 1 N–H and O–H groups in total. The third-order valence-corrected chi connectivity index (χ3v) is 4.96. The van der Waals surface area contributed by atoms with Gasteiger partial charge in [-0.15, -0.1) is 12.4 Å². The largest absolute Gasteiger partial charge is 0.338 e. The first kappa shape index (κ1) is 17.7. The van der Waals surface area contributed by atoms with E-state index in [1.54, 1.807) is 30.0 Å². The Balaban J connectivity index is 0.00000192. The lowest BCUT2D eigenvalue weighted by Gasteiger charge is -2.21. The van der Waals surface area contributed by atoms with E-state index in [1.807, 2.05) is 0 Å². The summed E-state index contributed by atoms with van der Waals surface area (Å²) in [5.41, 5.74) is 0.695. The third kappa shape index (κ3) is 3.48. The lowest BCUT2D eigenvalue weighted by Crippen LogP contribution is -2.33. The summed E-state index contributed by atoms with van der Waals surface area (Å²) < 4.78 is 0. The van der Waals surface area contributed by atoms with Crippen molar-refractivity contribution in [3.8, 4) is 0 Å². The van der Waals surface area contributed by atoms with Crippen molar-refractivity contribution in [2.75, 3.05) is 26.2 Å². The predicted octanol–water partition coefficient (Wildman–Crippen LogP) is 2.40. The van der Waals surface area contributed by atoms with Gasteiger partial charge in [0.15, 0.2) is 0 Å². The minimum absolute atomic E-state index is 0. The first-order valence-corrected chi connectivity index (χ1v) is 7.82. The molecule has 6 nitrogen and oxygen atoms in total. The number of halogens is 1. The van der Waals surface area contributed by atoms with Crippen LogP contribution in [0.25, 0.3) is 0 Å². The highest BCUT2D eigenvalue weighted by molar-refractivity contribution is 5.98. The molecule has 126 valence electrons. The van der Waals surface area contributed by atoms with E-state index in [9.17, 15) is 14.9 Å². The molecule has 0 saturated carbocycles. The van der Waals surface area contributed by atoms with Crippen LogP contribution in [-0.4, -0.2) is 41.9 Å². The fraction of sp³-hybridized carbons (Fsp3) is 0.562. The number of amides is 1. The number of aryl methyl sites for hydroxylation is 1. The maximum Gasteiger partial charge on any atom is 0.285 e. The highest BCUT2D eigenvalue weighted by atomic mass is 35.5. The Kier molecular flexibility index (Phi) is 5.59. The molecule has 2 aliphatic rings. The molecule has 0 bridgehead atoms. The SMILES string of the molecule is Cc1cccc(C(=O)N2CC[C@@H]3CNC[C@@H]3CC2)c1[N+](=O)[O-].Cl. The number of carbonyl (C=O) groups excluding carboxylic acids is 1. The zero-order chi connectivity index (χ0) is 15.7. The second-order valence-electron chi connectivity index (χ2n) is 6.28. The van der Waals surface area contributed by atoms with Crippen LogP contribution in [0.5, 0.6) is 0 Å². The number of fused-ring (bicyclic) bond motifs is 1. The Bertz CT molecular complexity index is 594. The van der Waals surface area contributed by atoms with E-state index in [4.69, 9.17) is 0 Å². The summed E-state index contributed by atoms with van der Waals surface area (Å²) in [6, 6.07) is 4.96. The molecule has 3 rings (SSSR count). The Morgan fingerprint density at radius 2 is 1.87 bits per heavy atom. The number of rotatable bonds is 2. The fourth-order valence-electron chi connectivity index (χ4n) is 3.67. The minimum Gasteiger partial charge on any atom is -0.338 e. The van der Waals surface area contributed by atoms with E-state index in [0.29, 0.717) is 30.5 Å². The molecule has 2 atom stereocenters. The number of hydrogen-bond acceptors (Lipinski definition) is 4. The van der Waals surface area contributed by atoms with Crippen molar-refractivity contribution >= 4 is 24.0 Å². The molecule has 23 heavy (non-hydrogen) atoms. The molecule has 0 radical (unpaired) electrons. The average Bonchev–Trinajstić information content (AvgIpc) is 2.84. The number of nitrogens with zero attached hydrogens (tertiary/aromatic N) is 2. The molecule has 7 heteroatoms. The van der Waals surface area contributed by atoms with Gasteiger partial charge in [0, 0.05) is 18.7 Å². The van der Waals surface area contributed by atoms with Crippen molar-refractivity contribution in [2.24, 2.45) is 11.8 Å². The topological polar surface area (TPSA) is 75.5 Å². The van der Waals surface area contributed by atoms with Crippen LogP contribution in [0, 0.1) is 28.9 Å². The van der Waals surface area contributed by atoms with Gasteiger partial charge in [0.2, 0.25) is 0 Å².